The molecule has 1 saturated heterocycles. The van der Waals surface area contributed by atoms with Crippen LogP contribution in [-0.2, 0) is 44.7 Å². The number of carbonyl (C=O) groups excluding carboxylic acids is 7. The molecule has 6 amide bonds. The monoisotopic (exact) mass is 802 g/mol. The van der Waals surface area contributed by atoms with E-state index in [9.17, 15) is 33.6 Å². The SMILES string of the molecule is CCC[C@@H](NC(=O)[C@@H]1C[C@@H]2CN1C(=O)[C@H](C1CCCCC1)NC(=O)Cc1cc(C)cc(c1)OCCCO2)C(=O)C(=O)NCC(=O)N[C@H](C(=O)N(C)C)c1ccccc1. The van der Waals surface area contributed by atoms with Gasteiger partial charge in [0, 0.05) is 33.5 Å². The van der Waals surface area contributed by atoms with Crippen molar-refractivity contribution in [3.05, 3.63) is 65.2 Å². The lowest BCUT2D eigenvalue weighted by atomic mass is 9.83. The number of benzene rings is 2. The Kier molecular flexibility index (Phi) is 15.8. The van der Waals surface area contributed by atoms with Crippen molar-refractivity contribution in [2.75, 3.05) is 40.4 Å². The van der Waals surface area contributed by atoms with Gasteiger partial charge in [0.1, 0.15) is 23.9 Å². The van der Waals surface area contributed by atoms with Gasteiger partial charge in [-0.2, -0.15) is 0 Å². The molecule has 2 heterocycles. The molecule has 5 atom stereocenters. The van der Waals surface area contributed by atoms with Gasteiger partial charge in [-0.15, -0.1) is 0 Å². The number of nitrogens with one attached hydrogen (secondary N) is 4. The van der Waals surface area contributed by atoms with Crippen LogP contribution in [0.3, 0.4) is 0 Å². The van der Waals surface area contributed by atoms with Gasteiger partial charge in [-0.3, -0.25) is 33.6 Å². The van der Waals surface area contributed by atoms with Crippen LogP contribution in [0, 0.1) is 12.8 Å². The summed E-state index contributed by atoms with van der Waals surface area (Å²) in [5.74, 6) is -3.88. The van der Waals surface area contributed by atoms with Gasteiger partial charge in [-0.25, -0.2) is 0 Å². The number of Topliss-reactive ketones (excluding diaryl/α,β-unsaturated/α-hetero) is 1. The standard InChI is InChI=1S/C43H58N6O9/c1-5-13-33(39(52)41(54)44-25-36(51)47-37(42(55)48(3)4)29-14-8-6-9-15-29)45-40(53)34-24-32-26-49(34)43(56)38(30-16-10-7-11-17-30)46-35(50)23-28-20-27(2)21-31(22-28)57-18-12-19-58-32/h6,8-9,14-15,20-22,30,32-34,37-38H,5,7,10-13,16-19,23-26H2,1-4H3,(H,44,54)(H,45,53)(H,46,50)(H,47,51)/t32-,33-,34+,37+,38+/m1/s1. The van der Waals surface area contributed by atoms with Crippen molar-refractivity contribution < 1.29 is 43.0 Å². The molecule has 0 unspecified atom stereocenters. The maximum absolute atomic E-state index is 14.6. The van der Waals surface area contributed by atoms with Crippen LogP contribution in [0.4, 0.5) is 0 Å². The number of hydrogen-bond acceptors (Lipinski definition) is 9. The highest BCUT2D eigenvalue weighted by Gasteiger charge is 2.45. The molecule has 4 N–H and O–H groups in total. The Bertz CT molecular complexity index is 1800. The highest BCUT2D eigenvalue weighted by Crippen LogP contribution is 2.31. The van der Waals surface area contributed by atoms with E-state index in [0.717, 1.165) is 43.2 Å². The number of likely N-dealkylation sites (N-methyl/N-ethyl adjacent to an activating group) is 1. The van der Waals surface area contributed by atoms with Crippen LogP contribution in [-0.4, -0.2) is 116 Å². The Morgan fingerprint density at radius 2 is 1.69 bits per heavy atom. The first kappa shape index (κ1) is 43.8. The fraction of sp³-hybridized carbons (Fsp3) is 0.558. The van der Waals surface area contributed by atoms with Crippen molar-refractivity contribution in [2.45, 2.75) is 108 Å². The average molecular weight is 803 g/mol. The molecule has 0 radical (unpaired) electrons. The molecule has 314 valence electrons. The third-order valence-corrected chi connectivity index (χ3v) is 10.9. The first-order chi connectivity index (χ1) is 27.8. The summed E-state index contributed by atoms with van der Waals surface area (Å²) in [6.07, 6.45) is 5.21. The van der Waals surface area contributed by atoms with E-state index in [2.05, 4.69) is 21.3 Å². The molecule has 4 bridgehead atoms. The third kappa shape index (κ3) is 11.9. The molecule has 2 aromatic carbocycles. The Balaban J connectivity index is 1.29. The van der Waals surface area contributed by atoms with E-state index < -0.39 is 60.3 Å². The molecule has 15 nitrogen and oxygen atoms in total. The minimum absolute atomic E-state index is 0.0521. The van der Waals surface area contributed by atoms with Gasteiger partial charge < -0.3 is 40.5 Å². The maximum Gasteiger partial charge on any atom is 0.290 e. The largest absolute Gasteiger partial charge is 0.493 e. The van der Waals surface area contributed by atoms with Gasteiger partial charge in [-0.05, 0) is 60.9 Å². The zero-order valence-corrected chi connectivity index (χ0v) is 34.1. The highest BCUT2D eigenvalue weighted by atomic mass is 16.5. The molecule has 0 spiro atoms. The number of carbonyl (C=O) groups is 7. The van der Waals surface area contributed by atoms with Crippen molar-refractivity contribution in [1.29, 1.82) is 0 Å². The molecule has 15 heteroatoms. The zero-order chi connectivity index (χ0) is 41.8. The molecule has 3 aliphatic rings. The smallest absolute Gasteiger partial charge is 0.290 e. The van der Waals surface area contributed by atoms with E-state index in [0.29, 0.717) is 37.4 Å². The van der Waals surface area contributed by atoms with Gasteiger partial charge in [0.15, 0.2) is 0 Å². The number of nitrogens with zero attached hydrogens (tertiary/aromatic N) is 2. The minimum atomic E-state index is -1.24. The molecular formula is C43H58N6O9. The van der Waals surface area contributed by atoms with Crippen molar-refractivity contribution >= 4 is 41.2 Å². The molecule has 2 fully saturated rings. The lowest BCUT2D eigenvalue weighted by Crippen LogP contribution is -2.58. The van der Waals surface area contributed by atoms with Gasteiger partial charge >= 0.3 is 0 Å². The Hall–Kier alpha value is -5.31. The van der Waals surface area contributed by atoms with Crippen LogP contribution in [0.1, 0.15) is 87.4 Å². The van der Waals surface area contributed by atoms with Crippen molar-refractivity contribution in [2.24, 2.45) is 5.92 Å². The van der Waals surface area contributed by atoms with E-state index in [1.54, 1.807) is 51.4 Å². The van der Waals surface area contributed by atoms with Crippen molar-refractivity contribution in [3.8, 4) is 5.75 Å². The minimum Gasteiger partial charge on any atom is -0.493 e. The summed E-state index contributed by atoms with van der Waals surface area (Å²) in [5.41, 5.74) is 2.26. The van der Waals surface area contributed by atoms with E-state index in [4.69, 9.17) is 9.47 Å². The topological polar surface area (TPSA) is 193 Å². The number of fused-ring (bicyclic) bond motifs is 4. The highest BCUT2D eigenvalue weighted by molar-refractivity contribution is 6.38. The molecule has 2 aliphatic heterocycles. The zero-order valence-electron chi connectivity index (χ0n) is 34.1. The average Bonchev–Trinajstić information content (AvgIpc) is 3.64. The lowest BCUT2D eigenvalue weighted by Gasteiger charge is -2.35. The quantitative estimate of drug-likeness (QED) is 0.233. The second-order valence-corrected chi connectivity index (χ2v) is 15.8. The molecule has 0 aromatic heterocycles. The first-order valence-corrected chi connectivity index (χ1v) is 20.5. The second-order valence-electron chi connectivity index (χ2n) is 15.8. The van der Waals surface area contributed by atoms with Gasteiger partial charge in [0.25, 0.3) is 5.91 Å². The van der Waals surface area contributed by atoms with Gasteiger partial charge in [0.05, 0.1) is 38.3 Å². The van der Waals surface area contributed by atoms with Crippen LogP contribution in [0.15, 0.2) is 48.5 Å². The Morgan fingerprint density at radius 3 is 2.40 bits per heavy atom. The summed E-state index contributed by atoms with van der Waals surface area (Å²) in [5, 5.41) is 10.7. The van der Waals surface area contributed by atoms with E-state index in [1.165, 1.54) is 9.80 Å². The Morgan fingerprint density at radius 1 is 0.948 bits per heavy atom. The summed E-state index contributed by atoms with van der Waals surface area (Å²) < 4.78 is 12.2. The summed E-state index contributed by atoms with van der Waals surface area (Å²) in [4.78, 5) is 97.6. The number of aryl methyl sites for hydroxylation is 1. The number of amides is 6. The predicted octanol–water partition coefficient (Wildman–Crippen LogP) is 2.29. The molecule has 1 aliphatic carbocycles. The second kappa shape index (κ2) is 20.9. The normalized spacial score (nSPS) is 21.4. The third-order valence-electron chi connectivity index (χ3n) is 10.9. The molecule has 1 saturated carbocycles. The van der Waals surface area contributed by atoms with Crippen LogP contribution >= 0.6 is 0 Å². The lowest BCUT2D eigenvalue weighted by molar-refractivity contribution is -0.144. The summed E-state index contributed by atoms with van der Waals surface area (Å²) in [6.45, 7) is 3.94. The summed E-state index contributed by atoms with van der Waals surface area (Å²) in [7, 11) is 3.12. The number of ether oxygens (including phenoxy) is 2. The van der Waals surface area contributed by atoms with Gasteiger partial charge in [-0.1, -0.05) is 69.0 Å². The molecule has 5 rings (SSSR count). The summed E-state index contributed by atoms with van der Waals surface area (Å²) >= 11 is 0. The van der Waals surface area contributed by atoms with E-state index in [1.807, 2.05) is 25.1 Å². The van der Waals surface area contributed by atoms with Crippen molar-refractivity contribution in [3.63, 3.8) is 0 Å². The van der Waals surface area contributed by atoms with Gasteiger partial charge in [0.2, 0.25) is 35.3 Å². The molecular weight excluding hydrogens is 745 g/mol. The van der Waals surface area contributed by atoms with Crippen LogP contribution < -0.4 is 26.0 Å². The fourth-order valence-corrected chi connectivity index (χ4v) is 7.99. The summed E-state index contributed by atoms with van der Waals surface area (Å²) in [6, 6.07) is 10.2. The number of ketones is 1. The fourth-order valence-electron chi connectivity index (χ4n) is 7.99. The van der Waals surface area contributed by atoms with Crippen LogP contribution in [0.25, 0.3) is 0 Å². The van der Waals surface area contributed by atoms with E-state index in [-0.39, 0.29) is 49.4 Å². The van der Waals surface area contributed by atoms with E-state index >= 15 is 0 Å². The van der Waals surface area contributed by atoms with Crippen LogP contribution in [0.5, 0.6) is 5.75 Å². The van der Waals surface area contributed by atoms with Crippen LogP contribution in [0.2, 0.25) is 0 Å². The number of rotatable bonds is 12. The predicted molar refractivity (Wildman–Crippen MR) is 214 cm³/mol. The Labute approximate surface area is 340 Å². The first-order valence-electron chi connectivity index (χ1n) is 20.5. The molecule has 2 aromatic rings. The molecule has 58 heavy (non-hydrogen) atoms. The van der Waals surface area contributed by atoms with Crippen molar-refractivity contribution in [1.82, 2.24) is 31.1 Å². The number of hydrogen-bond donors (Lipinski definition) is 4. The maximum atomic E-state index is 14.6.